The summed E-state index contributed by atoms with van der Waals surface area (Å²) < 4.78 is 11.9. The van der Waals surface area contributed by atoms with E-state index in [0.29, 0.717) is 22.0 Å². The molecule has 0 aromatic rings. The Balaban J connectivity index is 0.000000102. The number of hydrogen-bond acceptors (Lipinski definition) is 2. The van der Waals surface area contributed by atoms with E-state index in [1.807, 2.05) is 0 Å². The summed E-state index contributed by atoms with van der Waals surface area (Å²) in [5.74, 6) is 1.91. The molecule has 22 heavy (non-hydrogen) atoms. The van der Waals surface area contributed by atoms with Crippen LogP contribution in [0, 0.1) is 22.7 Å². The minimum atomic E-state index is 0.283. The minimum absolute atomic E-state index is 0.283. The fourth-order valence-corrected chi connectivity index (χ4v) is 7.32. The molecule has 0 N–H and O–H groups in total. The Bertz CT molecular complexity index is 508. The van der Waals surface area contributed by atoms with Crippen molar-refractivity contribution in [3.63, 3.8) is 0 Å². The number of fused-ring (bicyclic) bond motifs is 2. The Morgan fingerprint density at radius 2 is 1.00 bits per heavy atom. The van der Waals surface area contributed by atoms with Gasteiger partial charge in [-0.25, -0.2) is 0 Å². The van der Waals surface area contributed by atoms with Gasteiger partial charge >= 0.3 is 0 Å². The maximum atomic E-state index is 5.93. The first-order chi connectivity index (χ1) is 10.0. The van der Waals surface area contributed by atoms with E-state index in [-0.39, 0.29) is 11.2 Å². The molecular weight excluding hydrogens is 272 g/mol. The van der Waals surface area contributed by atoms with Gasteiger partial charge in [0.25, 0.3) is 0 Å². The van der Waals surface area contributed by atoms with Crippen LogP contribution in [0.15, 0.2) is 0 Å². The second-order valence-electron chi connectivity index (χ2n) is 10.6. The summed E-state index contributed by atoms with van der Waals surface area (Å²) in [6, 6.07) is 0. The normalized spacial score (nSPS) is 63.0. The molecule has 8 rings (SSSR count). The van der Waals surface area contributed by atoms with E-state index >= 15 is 0 Å². The Kier molecular flexibility index (Phi) is 2.16. The molecule has 124 valence electrons. The largest absolute Gasteiger partial charge is 0.362 e. The first-order valence-electron chi connectivity index (χ1n) is 9.44. The number of ether oxygens (including phenoxy) is 2. The lowest BCUT2D eigenvalue weighted by molar-refractivity contribution is -0.0654. The molecule has 6 aliphatic carbocycles. The van der Waals surface area contributed by atoms with E-state index in [2.05, 4.69) is 41.5 Å². The maximum Gasteiger partial charge on any atom is 0.103 e. The average molecular weight is 304 g/mol. The molecule has 2 nitrogen and oxygen atoms in total. The molecule has 2 saturated heterocycles. The Morgan fingerprint density at radius 1 is 0.636 bits per heavy atom. The molecule has 2 heterocycles. The van der Waals surface area contributed by atoms with Crippen LogP contribution in [0.4, 0.5) is 0 Å². The minimum Gasteiger partial charge on any atom is -0.362 e. The Labute approximate surface area is 135 Å². The van der Waals surface area contributed by atoms with Crippen molar-refractivity contribution in [2.75, 3.05) is 0 Å². The predicted molar refractivity (Wildman–Crippen MR) is 86.7 cm³/mol. The van der Waals surface area contributed by atoms with Crippen LogP contribution in [0.5, 0.6) is 0 Å². The van der Waals surface area contributed by atoms with Gasteiger partial charge in [0.1, 0.15) is 11.2 Å². The highest BCUT2D eigenvalue weighted by molar-refractivity contribution is 5.32. The van der Waals surface area contributed by atoms with Gasteiger partial charge in [0, 0.05) is 0 Å². The molecule has 0 amide bonds. The highest BCUT2D eigenvalue weighted by atomic mass is 16.6. The second kappa shape index (κ2) is 3.33. The smallest absolute Gasteiger partial charge is 0.103 e. The maximum absolute atomic E-state index is 5.93. The van der Waals surface area contributed by atoms with Gasteiger partial charge in [-0.3, -0.25) is 0 Å². The van der Waals surface area contributed by atoms with Crippen LogP contribution in [0.2, 0.25) is 0 Å². The van der Waals surface area contributed by atoms with E-state index in [9.17, 15) is 0 Å². The van der Waals surface area contributed by atoms with Crippen molar-refractivity contribution in [1.82, 2.24) is 0 Å². The third-order valence-corrected chi connectivity index (χ3v) is 9.55. The molecule has 6 unspecified atom stereocenters. The van der Waals surface area contributed by atoms with Gasteiger partial charge in [-0.05, 0) is 75.0 Å². The van der Waals surface area contributed by atoms with E-state index in [1.54, 1.807) is 0 Å². The molecule has 8 aliphatic rings. The third-order valence-electron chi connectivity index (χ3n) is 9.55. The molecule has 0 radical (unpaired) electrons. The van der Waals surface area contributed by atoms with Crippen LogP contribution in [0.1, 0.15) is 80.1 Å². The zero-order valence-corrected chi connectivity index (χ0v) is 15.2. The SMILES string of the molecule is CC12CCC3CC1(O2)C3(C)C.CC12CCC3CC1(O2)C3(C)C. The number of rotatable bonds is 0. The summed E-state index contributed by atoms with van der Waals surface area (Å²) in [5, 5.41) is 0. The predicted octanol–water partition coefficient (Wildman–Crippen LogP) is 4.71. The number of hydrogen-bond donors (Lipinski definition) is 0. The summed E-state index contributed by atoms with van der Waals surface area (Å²) in [7, 11) is 0. The summed E-state index contributed by atoms with van der Waals surface area (Å²) in [6.45, 7) is 14.1. The van der Waals surface area contributed by atoms with Crippen molar-refractivity contribution in [1.29, 1.82) is 0 Å². The molecule has 0 aromatic carbocycles. The zero-order chi connectivity index (χ0) is 15.8. The molecule has 2 aliphatic heterocycles. The summed E-state index contributed by atoms with van der Waals surface area (Å²) in [5.41, 5.74) is 2.18. The fourth-order valence-electron chi connectivity index (χ4n) is 7.32. The van der Waals surface area contributed by atoms with Crippen LogP contribution in [-0.4, -0.2) is 22.4 Å². The van der Waals surface area contributed by atoms with Gasteiger partial charge in [0.15, 0.2) is 0 Å². The van der Waals surface area contributed by atoms with Gasteiger partial charge in [0.05, 0.1) is 11.2 Å². The summed E-state index contributed by atoms with van der Waals surface area (Å²) in [6.07, 6.45) is 8.09. The van der Waals surface area contributed by atoms with E-state index in [0.717, 1.165) is 11.8 Å². The molecule has 6 saturated carbocycles. The van der Waals surface area contributed by atoms with Gasteiger partial charge in [0.2, 0.25) is 0 Å². The number of epoxide rings is 2. The quantitative estimate of drug-likeness (QED) is 0.606. The van der Waals surface area contributed by atoms with Crippen LogP contribution in [0.25, 0.3) is 0 Å². The molecule has 2 heteroatoms. The van der Waals surface area contributed by atoms with Gasteiger partial charge in [-0.15, -0.1) is 0 Å². The third kappa shape index (κ3) is 1.17. The summed E-state index contributed by atoms with van der Waals surface area (Å²) in [4.78, 5) is 0. The topological polar surface area (TPSA) is 25.1 Å². The van der Waals surface area contributed by atoms with Crippen LogP contribution in [-0.2, 0) is 9.47 Å². The van der Waals surface area contributed by atoms with Crippen molar-refractivity contribution in [2.45, 2.75) is 102 Å². The van der Waals surface area contributed by atoms with Crippen molar-refractivity contribution in [2.24, 2.45) is 22.7 Å². The molecule has 2 spiro atoms. The lowest BCUT2D eigenvalue weighted by atomic mass is 9.45. The highest BCUT2D eigenvalue weighted by Gasteiger charge is 2.83. The van der Waals surface area contributed by atoms with E-state index in [4.69, 9.17) is 9.47 Å². The molecule has 6 atom stereocenters. The van der Waals surface area contributed by atoms with Crippen LogP contribution < -0.4 is 0 Å². The van der Waals surface area contributed by atoms with E-state index < -0.39 is 0 Å². The monoisotopic (exact) mass is 304 g/mol. The Hall–Kier alpha value is -0.0800. The summed E-state index contributed by atoms with van der Waals surface area (Å²) >= 11 is 0. The van der Waals surface area contributed by atoms with Gasteiger partial charge < -0.3 is 9.47 Å². The highest BCUT2D eigenvalue weighted by Crippen LogP contribution is 2.78. The zero-order valence-electron chi connectivity index (χ0n) is 15.2. The van der Waals surface area contributed by atoms with Crippen LogP contribution in [0.3, 0.4) is 0 Å². The molecular formula is C20H32O2. The average Bonchev–Trinajstić information content (AvgIpc) is 3.28. The van der Waals surface area contributed by atoms with Gasteiger partial charge in [-0.1, -0.05) is 27.7 Å². The lowest BCUT2D eigenvalue weighted by Crippen LogP contribution is -2.59. The van der Waals surface area contributed by atoms with Crippen LogP contribution >= 0.6 is 0 Å². The first-order valence-corrected chi connectivity index (χ1v) is 9.44. The lowest BCUT2D eigenvalue weighted by Gasteiger charge is -2.55. The van der Waals surface area contributed by atoms with Crippen molar-refractivity contribution < 1.29 is 9.47 Å². The Morgan fingerprint density at radius 3 is 1.23 bits per heavy atom. The van der Waals surface area contributed by atoms with Gasteiger partial charge in [-0.2, -0.15) is 0 Å². The second-order valence-corrected chi connectivity index (χ2v) is 10.6. The first kappa shape index (κ1) is 14.3. The van der Waals surface area contributed by atoms with Crippen molar-refractivity contribution >= 4 is 0 Å². The molecule has 4 bridgehead atoms. The molecule has 0 aromatic heterocycles. The van der Waals surface area contributed by atoms with Crippen molar-refractivity contribution in [3.05, 3.63) is 0 Å². The molecule has 8 fully saturated rings. The van der Waals surface area contributed by atoms with E-state index in [1.165, 1.54) is 38.5 Å². The fraction of sp³-hybridized carbons (Fsp3) is 1.00. The standard InChI is InChI=1S/2C10H16O/c2*1-8(2)7-4-5-9(3)10(8,6-7)11-9/h2*7H,4-6H2,1-3H3. The van der Waals surface area contributed by atoms with Crippen molar-refractivity contribution in [3.8, 4) is 0 Å².